The highest BCUT2D eigenvalue weighted by Crippen LogP contribution is 2.22. The summed E-state index contributed by atoms with van der Waals surface area (Å²) in [7, 11) is 0. The van der Waals surface area contributed by atoms with E-state index in [1.54, 1.807) is 24.3 Å². The number of imide groups is 1. The predicted octanol–water partition coefficient (Wildman–Crippen LogP) is 2.38. The van der Waals surface area contributed by atoms with Crippen molar-refractivity contribution in [2.45, 2.75) is 45.7 Å². The quantitative estimate of drug-likeness (QED) is 0.544. The van der Waals surface area contributed by atoms with E-state index in [4.69, 9.17) is 0 Å². The number of rotatable bonds is 9. The van der Waals surface area contributed by atoms with Gasteiger partial charge in [-0.2, -0.15) is 5.10 Å². The molecule has 1 aromatic heterocycles. The highest BCUT2D eigenvalue weighted by atomic mass is 16.2. The summed E-state index contributed by atoms with van der Waals surface area (Å²) in [5.74, 6) is -0.457. The average molecular weight is 368 g/mol. The number of nitrogens with zero attached hydrogens (tertiary/aromatic N) is 3. The van der Waals surface area contributed by atoms with Crippen LogP contribution in [0.2, 0.25) is 0 Å². The first-order chi connectivity index (χ1) is 13.1. The van der Waals surface area contributed by atoms with Gasteiger partial charge in [0.15, 0.2) is 0 Å². The lowest BCUT2D eigenvalue weighted by Crippen LogP contribution is -2.30. The molecule has 1 N–H and O–H groups in total. The summed E-state index contributed by atoms with van der Waals surface area (Å²) in [5.41, 5.74) is 1.80. The number of benzene rings is 1. The molecule has 1 aliphatic heterocycles. The third-order valence-corrected chi connectivity index (χ3v) is 4.65. The van der Waals surface area contributed by atoms with Crippen LogP contribution in [0.5, 0.6) is 0 Å². The zero-order chi connectivity index (χ0) is 19.2. The van der Waals surface area contributed by atoms with E-state index in [-0.39, 0.29) is 17.7 Å². The number of hydrogen-bond acceptors (Lipinski definition) is 4. The molecule has 0 saturated heterocycles. The normalized spacial score (nSPS) is 13.1. The van der Waals surface area contributed by atoms with E-state index >= 15 is 0 Å². The van der Waals surface area contributed by atoms with E-state index in [2.05, 4.69) is 10.4 Å². The second-order valence-corrected chi connectivity index (χ2v) is 6.56. The van der Waals surface area contributed by atoms with E-state index in [9.17, 15) is 14.4 Å². The van der Waals surface area contributed by atoms with Crippen molar-refractivity contribution in [1.82, 2.24) is 20.0 Å². The molecule has 0 saturated carbocycles. The summed E-state index contributed by atoms with van der Waals surface area (Å²) in [6, 6.07) is 8.79. The van der Waals surface area contributed by atoms with Gasteiger partial charge in [0.05, 0.1) is 23.4 Å². The van der Waals surface area contributed by atoms with E-state index < -0.39 is 0 Å². The second kappa shape index (κ2) is 8.62. The molecular formula is C20H24N4O3. The van der Waals surface area contributed by atoms with Gasteiger partial charge in [-0.05, 0) is 38.0 Å². The van der Waals surface area contributed by atoms with Crippen LogP contribution in [-0.2, 0) is 17.9 Å². The highest BCUT2D eigenvalue weighted by Gasteiger charge is 2.34. The maximum atomic E-state index is 12.3. The molecule has 0 spiro atoms. The lowest BCUT2D eigenvalue weighted by atomic mass is 10.1. The largest absolute Gasteiger partial charge is 0.350 e. The molecule has 0 atom stereocenters. The van der Waals surface area contributed by atoms with Gasteiger partial charge in [0, 0.05) is 25.7 Å². The molecule has 1 aromatic carbocycles. The smallest absolute Gasteiger partial charge is 0.261 e. The first-order valence-corrected chi connectivity index (χ1v) is 9.34. The maximum Gasteiger partial charge on any atom is 0.261 e. The summed E-state index contributed by atoms with van der Waals surface area (Å²) in [4.78, 5) is 37.7. The molecule has 2 heterocycles. The Morgan fingerprint density at radius 2 is 1.74 bits per heavy atom. The van der Waals surface area contributed by atoms with E-state index in [0.717, 1.165) is 25.1 Å². The van der Waals surface area contributed by atoms with Gasteiger partial charge in [0.1, 0.15) is 0 Å². The number of amides is 3. The Morgan fingerprint density at radius 1 is 1.04 bits per heavy atom. The molecule has 1 aliphatic rings. The minimum atomic E-state index is -0.222. The molecule has 3 amide bonds. The van der Waals surface area contributed by atoms with Crippen molar-refractivity contribution >= 4 is 17.7 Å². The van der Waals surface area contributed by atoms with Gasteiger partial charge in [-0.3, -0.25) is 24.0 Å². The van der Waals surface area contributed by atoms with Gasteiger partial charge in [-0.1, -0.05) is 18.6 Å². The number of aryl methyl sites for hydroxylation is 1. The number of aromatic nitrogens is 2. The molecule has 3 rings (SSSR count). The molecule has 0 fully saturated rings. The minimum Gasteiger partial charge on any atom is -0.350 e. The van der Waals surface area contributed by atoms with Crippen LogP contribution in [0, 0.1) is 0 Å². The lowest BCUT2D eigenvalue weighted by molar-refractivity contribution is -0.121. The van der Waals surface area contributed by atoms with Gasteiger partial charge in [0.25, 0.3) is 11.8 Å². The summed E-state index contributed by atoms with van der Waals surface area (Å²) >= 11 is 0. The van der Waals surface area contributed by atoms with Crippen LogP contribution in [0.15, 0.2) is 36.5 Å². The molecule has 27 heavy (non-hydrogen) atoms. The highest BCUT2D eigenvalue weighted by molar-refractivity contribution is 6.21. The Labute approximate surface area is 158 Å². The van der Waals surface area contributed by atoms with Crippen molar-refractivity contribution < 1.29 is 14.4 Å². The van der Waals surface area contributed by atoms with Crippen LogP contribution in [0.4, 0.5) is 0 Å². The third kappa shape index (κ3) is 4.42. The maximum absolute atomic E-state index is 12.3. The monoisotopic (exact) mass is 368 g/mol. The standard InChI is InChI=1S/C20H24N4O3/c1-2-23-13-11-15(22-23)14-21-18(25)10-4-3-7-12-24-19(26)16-8-5-6-9-17(16)20(24)27/h5-6,8-9,11,13H,2-4,7,10,12,14H2,1H3,(H,21,25). The first kappa shape index (κ1) is 18.8. The van der Waals surface area contributed by atoms with E-state index in [1.807, 2.05) is 23.9 Å². The molecule has 0 bridgehead atoms. The molecule has 2 aromatic rings. The first-order valence-electron chi connectivity index (χ1n) is 9.34. The van der Waals surface area contributed by atoms with Gasteiger partial charge in [-0.15, -0.1) is 0 Å². The van der Waals surface area contributed by atoms with Crippen molar-refractivity contribution in [1.29, 1.82) is 0 Å². The number of unbranched alkanes of at least 4 members (excludes halogenated alkanes) is 2. The Morgan fingerprint density at radius 3 is 2.37 bits per heavy atom. The van der Waals surface area contributed by atoms with Gasteiger partial charge < -0.3 is 5.32 Å². The Kier molecular flexibility index (Phi) is 6.01. The molecule has 7 heteroatoms. The molecule has 0 radical (unpaired) electrons. The molecular weight excluding hydrogens is 344 g/mol. The summed E-state index contributed by atoms with van der Waals surface area (Å²) < 4.78 is 1.82. The number of carbonyl (C=O) groups excluding carboxylic acids is 3. The van der Waals surface area contributed by atoms with Gasteiger partial charge >= 0.3 is 0 Å². The predicted molar refractivity (Wildman–Crippen MR) is 100 cm³/mol. The van der Waals surface area contributed by atoms with Crippen LogP contribution in [0.25, 0.3) is 0 Å². The topological polar surface area (TPSA) is 84.3 Å². The Hall–Kier alpha value is -2.96. The second-order valence-electron chi connectivity index (χ2n) is 6.56. The van der Waals surface area contributed by atoms with Crippen LogP contribution in [0.3, 0.4) is 0 Å². The van der Waals surface area contributed by atoms with Crippen molar-refractivity contribution in [3.63, 3.8) is 0 Å². The Bertz CT molecular complexity index is 808. The lowest BCUT2D eigenvalue weighted by Gasteiger charge is -2.13. The number of nitrogens with one attached hydrogen (secondary N) is 1. The van der Waals surface area contributed by atoms with Crippen molar-refractivity contribution in [3.05, 3.63) is 53.3 Å². The zero-order valence-corrected chi connectivity index (χ0v) is 15.5. The zero-order valence-electron chi connectivity index (χ0n) is 15.5. The Balaban J connectivity index is 1.33. The minimum absolute atomic E-state index is 0.0122. The summed E-state index contributed by atoms with van der Waals surface area (Å²) in [5, 5.41) is 7.18. The summed E-state index contributed by atoms with van der Waals surface area (Å²) in [6.45, 7) is 3.64. The van der Waals surface area contributed by atoms with Gasteiger partial charge in [-0.25, -0.2) is 0 Å². The van der Waals surface area contributed by atoms with Gasteiger partial charge in [0.2, 0.25) is 5.91 Å². The van der Waals surface area contributed by atoms with Crippen LogP contribution in [-0.4, -0.2) is 38.9 Å². The molecule has 142 valence electrons. The van der Waals surface area contributed by atoms with Crippen molar-refractivity contribution in [2.24, 2.45) is 0 Å². The molecule has 7 nitrogen and oxygen atoms in total. The fraction of sp³-hybridized carbons (Fsp3) is 0.400. The van der Waals surface area contributed by atoms with Crippen molar-refractivity contribution in [3.8, 4) is 0 Å². The van der Waals surface area contributed by atoms with Crippen LogP contribution >= 0.6 is 0 Å². The summed E-state index contributed by atoms with van der Waals surface area (Å²) in [6.07, 6.45) is 4.51. The fourth-order valence-corrected chi connectivity index (χ4v) is 3.13. The number of fused-ring (bicyclic) bond motifs is 1. The number of hydrogen-bond donors (Lipinski definition) is 1. The van der Waals surface area contributed by atoms with E-state index in [0.29, 0.717) is 37.1 Å². The molecule has 0 aliphatic carbocycles. The average Bonchev–Trinajstić information content (AvgIpc) is 3.24. The third-order valence-electron chi connectivity index (χ3n) is 4.65. The number of carbonyl (C=O) groups is 3. The SMILES string of the molecule is CCn1ccc(CNC(=O)CCCCCN2C(=O)c3ccccc3C2=O)n1. The van der Waals surface area contributed by atoms with E-state index in [1.165, 1.54) is 4.90 Å². The van der Waals surface area contributed by atoms with Crippen LogP contribution < -0.4 is 5.32 Å². The van der Waals surface area contributed by atoms with Crippen LogP contribution in [0.1, 0.15) is 59.0 Å². The molecule has 0 unspecified atom stereocenters. The fourth-order valence-electron chi connectivity index (χ4n) is 3.13. The van der Waals surface area contributed by atoms with Crippen molar-refractivity contribution in [2.75, 3.05) is 6.54 Å².